The number of amides is 1. The molecule has 0 radical (unpaired) electrons. The summed E-state index contributed by atoms with van der Waals surface area (Å²) in [5.41, 5.74) is 13.4. The number of piperazine rings is 1. The average Bonchev–Trinajstić information content (AvgIpc) is 3.29. The second-order valence-electron chi connectivity index (χ2n) is 9.72. The first-order chi connectivity index (χ1) is 17.7. The van der Waals surface area contributed by atoms with Gasteiger partial charge >= 0.3 is 5.69 Å². The van der Waals surface area contributed by atoms with E-state index in [4.69, 9.17) is 34.7 Å². The van der Waals surface area contributed by atoms with Crippen LogP contribution in [0.15, 0.2) is 16.9 Å². The van der Waals surface area contributed by atoms with Gasteiger partial charge in [0.2, 0.25) is 0 Å². The number of imidazole rings is 1. The number of primary amides is 1. The van der Waals surface area contributed by atoms with E-state index >= 15 is 0 Å². The number of aromatic nitrogens is 4. The van der Waals surface area contributed by atoms with E-state index in [1.54, 1.807) is 0 Å². The smallest absolute Gasteiger partial charge is 0.323 e. The number of benzene rings is 1. The number of rotatable bonds is 6. The van der Waals surface area contributed by atoms with E-state index in [0.717, 1.165) is 69.6 Å². The third-order valence-corrected chi connectivity index (χ3v) is 8.10. The van der Waals surface area contributed by atoms with E-state index in [2.05, 4.69) is 41.6 Å². The van der Waals surface area contributed by atoms with Crippen molar-refractivity contribution in [2.45, 2.75) is 44.8 Å². The lowest BCUT2D eigenvalue weighted by Gasteiger charge is -2.47. The fourth-order valence-electron chi connectivity index (χ4n) is 5.63. The quantitative estimate of drug-likeness (QED) is 0.366. The molecule has 2 aliphatic rings. The molecule has 13 heteroatoms. The normalized spacial score (nSPS) is 20.1. The van der Waals surface area contributed by atoms with Gasteiger partial charge in [0.05, 0.1) is 16.1 Å². The first-order valence-corrected chi connectivity index (χ1v) is 13.3. The number of hydrogen-bond acceptors (Lipinski definition) is 8. The number of fused-ring (bicyclic) bond motifs is 1. The van der Waals surface area contributed by atoms with Crippen molar-refractivity contribution in [3.05, 3.63) is 44.1 Å². The zero-order valence-electron chi connectivity index (χ0n) is 20.6. The van der Waals surface area contributed by atoms with Gasteiger partial charge in [-0.15, -0.1) is 0 Å². The van der Waals surface area contributed by atoms with E-state index in [1.165, 1.54) is 0 Å². The summed E-state index contributed by atoms with van der Waals surface area (Å²) in [7, 11) is 0. The molecule has 6 N–H and O–H groups in total. The molecule has 3 aromatic rings. The SMILES string of the molecule is CC[C@H]1CN(c2nc(N)c(C(N)=O)nc2Cl)CCN1C1CCN(Cc2ccc(Cl)c3[nH]c(=O)[nH]c23)CC1. The van der Waals surface area contributed by atoms with Crippen LogP contribution in [0.3, 0.4) is 0 Å². The van der Waals surface area contributed by atoms with Gasteiger partial charge in [-0.25, -0.2) is 14.8 Å². The Hall–Kier alpha value is -2.86. The summed E-state index contributed by atoms with van der Waals surface area (Å²) in [6.07, 6.45) is 3.12. The van der Waals surface area contributed by atoms with Gasteiger partial charge in [0.1, 0.15) is 0 Å². The number of nitrogens with two attached hydrogens (primary N) is 2. The van der Waals surface area contributed by atoms with Gasteiger partial charge in [0.25, 0.3) is 5.91 Å². The van der Waals surface area contributed by atoms with Crippen LogP contribution in [0.2, 0.25) is 10.2 Å². The summed E-state index contributed by atoms with van der Waals surface area (Å²) in [4.78, 5) is 44.6. The zero-order valence-corrected chi connectivity index (χ0v) is 22.1. The summed E-state index contributed by atoms with van der Waals surface area (Å²) in [6.45, 7) is 7.27. The number of likely N-dealkylation sites (tertiary alicyclic amines) is 1. The molecule has 2 aromatic heterocycles. The van der Waals surface area contributed by atoms with Crippen molar-refractivity contribution >= 4 is 51.8 Å². The van der Waals surface area contributed by atoms with Crippen molar-refractivity contribution < 1.29 is 4.79 Å². The molecule has 0 aliphatic carbocycles. The molecule has 0 saturated carbocycles. The predicted molar refractivity (Wildman–Crippen MR) is 145 cm³/mol. The van der Waals surface area contributed by atoms with Crippen LogP contribution in [-0.4, -0.2) is 80.5 Å². The standard InChI is InChI=1S/C24H31Cl2N9O2/c1-2-14-12-34(23-20(26)29-19(22(28)36)21(27)32-23)9-10-35(14)15-5-7-33(8-6-15)11-13-3-4-16(25)18-17(13)30-24(37)31-18/h3-4,14-15H,2,5-12H2,1H3,(H2,27,32)(H2,28,36)(H2,30,31,37)/t14-/m0/s1. The largest absolute Gasteiger partial charge is 0.382 e. The number of carbonyl (C=O) groups excluding carboxylic acids is 1. The summed E-state index contributed by atoms with van der Waals surface area (Å²) in [6, 6.07) is 4.65. The van der Waals surface area contributed by atoms with E-state index in [-0.39, 0.29) is 22.4 Å². The van der Waals surface area contributed by atoms with Crippen LogP contribution in [0, 0.1) is 0 Å². The molecule has 4 heterocycles. The van der Waals surface area contributed by atoms with E-state index in [1.807, 2.05) is 12.1 Å². The number of nitrogen functional groups attached to an aromatic ring is 1. The highest BCUT2D eigenvalue weighted by Crippen LogP contribution is 2.30. The van der Waals surface area contributed by atoms with Crippen LogP contribution in [0.1, 0.15) is 42.2 Å². The molecule has 0 unspecified atom stereocenters. The lowest BCUT2D eigenvalue weighted by atomic mass is 9.97. The van der Waals surface area contributed by atoms with Crippen LogP contribution in [0.4, 0.5) is 11.6 Å². The van der Waals surface area contributed by atoms with Crippen molar-refractivity contribution in [1.29, 1.82) is 0 Å². The molecule has 1 atom stereocenters. The third-order valence-electron chi connectivity index (χ3n) is 7.53. The monoisotopic (exact) mass is 547 g/mol. The van der Waals surface area contributed by atoms with Crippen molar-refractivity contribution in [3.8, 4) is 0 Å². The van der Waals surface area contributed by atoms with Gasteiger partial charge in [0.15, 0.2) is 22.5 Å². The number of nitrogens with one attached hydrogen (secondary N) is 2. The summed E-state index contributed by atoms with van der Waals surface area (Å²) >= 11 is 12.6. The van der Waals surface area contributed by atoms with Crippen LogP contribution in [0.25, 0.3) is 11.0 Å². The van der Waals surface area contributed by atoms with Crippen molar-refractivity contribution in [1.82, 2.24) is 29.7 Å². The molecule has 2 fully saturated rings. The number of hydrogen-bond donors (Lipinski definition) is 4. The average molecular weight is 548 g/mol. The maximum Gasteiger partial charge on any atom is 0.323 e. The number of piperidine rings is 1. The maximum atomic E-state index is 11.8. The minimum atomic E-state index is -0.747. The Bertz CT molecular complexity index is 1370. The Morgan fingerprint density at radius 3 is 2.54 bits per heavy atom. The maximum absolute atomic E-state index is 11.8. The highest BCUT2D eigenvalue weighted by atomic mass is 35.5. The van der Waals surface area contributed by atoms with Crippen molar-refractivity contribution in [3.63, 3.8) is 0 Å². The van der Waals surface area contributed by atoms with Crippen LogP contribution in [-0.2, 0) is 6.54 Å². The minimum Gasteiger partial charge on any atom is -0.382 e. The topological polar surface area (TPSA) is 153 Å². The molecule has 37 heavy (non-hydrogen) atoms. The number of aromatic amines is 2. The van der Waals surface area contributed by atoms with E-state index < -0.39 is 5.91 Å². The highest BCUT2D eigenvalue weighted by molar-refractivity contribution is 6.35. The highest BCUT2D eigenvalue weighted by Gasteiger charge is 2.34. The molecule has 1 amide bonds. The van der Waals surface area contributed by atoms with E-state index in [0.29, 0.717) is 28.4 Å². The lowest BCUT2D eigenvalue weighted by Crippen LogP contribution is -2.58. The third kappa shape index (κ3) is 5.13. The van der Waals surface area contributed by atoms with Gasteiger partial charge in [-0.1, -0.05) is 36.2 Å². The summed E-state index contributed by atoms with van der Waals surface area (Å²) < 4.78 is 0. The number of anilines is 2. The Kier molecular flexibility index (Phi) is 7.30. The predicted octanol–water partition coefficient (Wildman–Crippen LogP) is 2.20. The van der Waals surface area contributed by atoms with Crippen LogP contribution < -0.4 is 22.1 Å². The number of halogens is 2. The fourth-order valence-corrected chi connectivity index (χ4v) is 6.08. The van der Waals surface area contributed by atoms with E-state index in [9.17, 15) is 9.59 Å². The van der Waals surface area contributed by atoms with Crippen molar-refractivity contribution in [2.75, 3.05) is 43.4 Å². The molecule has 2 aliphatic heterocycles. The molecule has 11 nitrogen and oxygen atoms in total. The number of nitrogens with zero attached hydrogens (tertiary/aromatic N) is 5. The molecule has 2 saturated heterocycles. The van der Waals surface area contributed by atoms with Gasteiger partial charge in [-0.05, 0) is 44.0 Å². The van der Waals surface area contributed by atoms with Crippen LogP contribution >= 0.6 is 23.2 Å². The molecular formula is C24H31Cl2N9O2. The molecule has 0 spiro atoms. The van der Waals surface area contributed by atoms with Gasteiger partial charge in [-0.3, -0.25) is 14.6 Å². The molecule has 198 valence electrons. The van der Waals surface area contributed by atoms with Crippen molar-refractivity contribution in [2.24, 2.45) is 5.73 Å². The second kappa shape index (κ2) is 10.5. The summed E-state index contributed by atoms with van der Waals surface area (Å²) in [5, 5.41) is 0.680. The molecule has 1 aromatic carbocycles. The number of carbonyl (C=O) groups is 1. The molecule has 0 bridgehead atoms. The molecular weight excluding hydrogens is 517 g/mol. The minimum absolute atomic E-state index is 0.00331. The summed E-state index contributed by atoms with van der Waals surface area (Å²) in [5.74, 6) is -0.256. The first kappa shape index (κ1) is 25.8. The molecule has 5 rings (SSSR count). The Morgan fingerprint density at radius 1 is 1.11 bits per heavy atom. The fraction of sp³-hybridized carbons (Fsp3) is 0.500. The Labute approximate surface area is 224 Å². The number of H-pyrrole nitrogens is 2. The lowest BCUT2D eigenvalue weighted by molar-refractivity contribution is 0.0611. The van der Waals surface area contributed by atoms with Gasteiger partial charge < -0.3 is 26.3 Å². The second-order valence-corrected chi connectivity index (χ2v) is 10.5. The Morgan fingerprint density at radius 2 is 1.84 bits per heavy atom. The Balaban J connectivity index is 1.22. The van der Waals surface area contributed by atoms with Gasteiger partial charge in [-0.2, -0.15) is 0 Å². The zero-order chi connectivity index (χ0) is 26.3. The van der Waals surface area contributed by atoms with Gasteiger partial charge in [0, 0.05) is 38.3 Å². The first-order valence-electron chi connectivity index (χ1n) is 12.5. The van der Waals surface area contributed by atoms with Crippen LogP contribution in [0.5, 0.6) is 0 Å².